The molecule has 3 aliphatic rings. The minimum Gasteiger partial charge on any atom is -0.335 e. The summed E-state index contributed by atoms with van der Waals surface area (Å²) in [7, 11) is 0. The van der Waals surface area contributed by atoms with Crippen molar-refractivity contribution >= 4 is 6.03 Å². The molecule has 0 bridgehead atoms. The summed E-state index contributed by atoms with van der Waals surface area (Å²) in [6.45, 7) is 7.89. The number of rotatable bonds is 1. The Hall–Kier alpha value is -0.730. The normalized spacial score (nSPS) is 34.3. The molecule has 3 rings (SSSR count). The number of nitrogens with zero attached hydrogens (tertiary/aromatic N) is 1. The molecule has 1 aliphatic heterocycles. The zero-order valence-corrected chi connectivity index (χ0v) is 14.1. The number of carbonyl (C=O) groups excluding carboxylic acids is 1. The average Bonchev–Trinajstić information content (AvgIpc) is 2.35. The molecule has 2 aliphatic carbocycles. The highest BCUT2D eigenvalue weighted by molar-refractivity contribution is 5.75. The molecule has 1 spiro atoms. The van der Waals surface area contributed by atoms with E-state index in [1.54, 1.807) is 0 Å². The van der Waals surface area contributed by atoms with E-state index < -0.39 is 0 Å². The summed E-state index contributed by atoms with van der Waals surface area (Å²) in [5.41, 5.74) is 0.848. The van der Waals surface area contributed by atoms with E-state index in [1.807, 2.05) is 0 Å². The number of amides is 2. The van der Waals surface area contributed by atoms with Crippen LogP contribution in [0.3, 0.4) is 0 Å². The molecule has 0 aromatic rings. The summed E-state index contributed by atoms with van der Waals surface area (Å²) in [5.74, 6) is 0. The lowest BCUT2D eigenvalue weighted by atomic mass is 9.60. The fourth-order valence-electron chi connectivity index (χ4n) is 4.99. The monoisotopic (exact) mass is 292 g/mol. The molecule has 3 fully saturated rings. The van der Waals surface area contributed by atoms with Crippen LogP contribution < -0.4 is 5.32 Å². The summed E-state index contributed by atoms with van der Waals surface area (Å²) in [6.07, 6.45) is 11.4. The molecule has 2 atom stereocenters. The van der Waals surface area contributed by atoms with Gasteiger partial charge in [0.25, 0.3) is 0 Å². The molecule has 3 nitrogen and oxygen atoms in total. The Labute approximate surface area is 129 Å². The molecule has 2 amide bonds. The number of hydrogen-bond donors (Lipinski definition) is 1. The Kier molecular flexibility index (Phi) is 3.96. The van der Waals surface area contributed by atoms with E-state index in [9.17, 15) is 4.79 Å². The lowest BCUT2D eigenvalue weighted by molar-refractivity contribution is -0.0152. The number of carbonyl (C=O) groups is 1. The third kappa shape index (κ3) is 2.93. The van der Waals surface area contributed by atoms with Crippen LogP contribution in [0.15, 0.2) is 0 Å². The first-order valence-electron chi connectivity index (χ1n) is 8.99. The van der Waals surface area contributed by atoms with Crippen molar-refractivity contribution in [2.24, 2.45) is 10.8 Å². The van der Waals surface area contributed by atoms with Gasteiger partial charge in [0.05, 0.1) is 0 Å². The maximum Gasteiger partial charge on any atom is 0.317 e. The second kappa shape index (κ2) is 5.48. The average molecular weight is 292 g/mol. The fraction of sp³-hybridized carbons (Fsp3) is 0.944. The Bertz CT molecular complexity index is 400. The van der Waals surface area contributed by atoms with Gasteiger partial charge in [0.1, 0.15) is 0 Å². The molecule has 1 N–H and O–H groups in total. The van der Waals surface area contributed by atoms with Gasteiger partial charge in [-0.25, -0.2) is 4.79 Å². The molecule has 0 radical (unpaired) electrons. The number of urea groups is 1. The second-order valence-corrected chi connectivity index (χ2v) is 8.60. The number of nitrogens with one attached hydrogen (secondary N) is 1. The molecule has 21 heavy (non-hydrogen) atoms. The van der Waals surface area contributed by atoms with Gasteiger partial charge in [0.2, 0.25) is 0 Å². The van der Waals surface area contributed by atoms with Crippen LogP contribution >= 0.6 is 0 Å². The summed E-state index contributed by atoms with van der Waals surface area (Å²) in [6, 6.07) is 1.01. The molecule has 1 saturated heterocycles. The molecule has 0 aromatic carbocycles. The molecular formula is C18H32N2O. The van der Waals surface area contributed by atoms with E-state index in [0.717, 1.165) is 19.4 Å². The minimum absolute atomic E-state index is 0.205. The van der Waals surface area contributed by atoms with Gasteiger partial charge >= 0.3 is 6.03 Å². The predicted molar refractivity (Wildman–Crippen MR) is 86.3 cm³/mol. The fourth-order valence-corrected chi connectivity index (χ4v) is 4.99. The quantitative estimate of drug-likeness (QED) is 0.767. The SMILES string of the molecule is CC1N(C(=O)NC2CCCC(C)(C)C2)CCCC12CCC2. The lowest BCUT2D eigenvalue weighted by Crippen LogP contribution is -2.59. The van der Waals surface area contributed by atoms with Crippen molar-refractivity contribution in [2.45, 2.75) is 90.6 Å². The van der Waals surface area contributed by atoms with E-state index in [1.165, 1.54) is 44.9 Å². The van der Waals surface area contributed by atoms with Crippen LogP contribution in [0.1, 0.15) is 78.6 Å². The number of piperidine rings is 1. The van der Waals surface area contributed by atoms with Crippen molar-refractivity contribution in [3.63, 3.8) is 0 Å². The first kappa shape index (κ1) is 15.2. The molecule has 1 heterocycles. The first-order chi connectivity index (χ1) is 9.92. The van der Waals surface area contributed by atoms with Crippen LogP contribution in [0.4, 0.5) is 4.79 Å². The highest BCUT2D eigenvalue weighted by Crippen LogP contribution is 2.51. The van der Waals surface area contributed by atoms with Gasteiger partial charge in [-0.15, -0.1) is 0 Å². The van der Waals surface area contributed by atoms with E-state index in [2.05, 4.69) is 31.0 Å². The minimum atomic E-state index is 0.205. The number of likely N-dealkylation sites (tertiary alicyclic amines) is 1. The Morgan fingerprint density at radius 3 is 2.43 bits per heavy atom. The van der Waals surface area contributed by atoms with Gasteiger partial charge < -0.3 is 10.2 Å². The van der Waals surface area contributed by atoms with Crippen molar-refractivity contribution in [2.75, 3.05) is 6.54 Å². The van der Waals surface area contributed by atoms with Crippen LogP contribution in [0.5, 0.6) is 0 Å². The van der Waals surface area contributed by atoms with Crippen LogP contribution in [-0.2, 0) is 0 Å². The van der Waals surface area contributed by atoms with Crippen molar-refractivity contribution < 1.29 is 4.79 Å². The van der Waals surface area contributed by atoms with Gasteiger partial charge in [0, 0.05) is 18.6 Å². The lowest BCUT2D eigenvalue weighted by Gasteiger charge is -2.54. The zero-order chi connectivity index (χ0) is 15.1. The third-order valence-electron chi connectivity index (χ3n) is 6.57. The largest absolute Gasteiger partial charge is 0.335 e. The standard InChI is InChI=1S/C18H32N2O/c1-14-18(9-5-10-18)11-6-12-20(14)16(21)19-15-7-4-8-17(2,3)13-15/h14-15H,4-13H2,1-3H3,(H,19,21). The van der Waals surface area contributed by atoms with Crippen LogP contribution in [0.25, 0.3) is 0 Å². The van der Waals surface area contributed by atoms with E-state index in [4.69, 9.17) is 0 Å². The summed E-state index contributed by atoms with van der Waals surface area (Å²) < 4.78 is 0. The van der Waals surface area contributed by atoms with Crippen molar-refractivity contribution in [3.05, 3.63) is 0 Å². The zero-order valence-electron chi connectivity index (χ0n) is 14.1. The maximum absolute atomic E-state index is 12.7. The summed E-state index contributed by atoms with van der Waals surface area (Å²) in [5, 5.41) is 3.35. The van der Waals surface area contributed by atoms with E-state index >= 15 is 0 Å². The van der Waals surface area contributed by atoms with E-state index in [0.29, 0.717) is 22.9 Å². The maximum atomic E-state index is 12.7. The van der Waals surface area contributed by atoms with Crippen LogP contribution in [-0.4, -0.2) is 29.6 Å². The number of hydrogen-bond acceptors (Lipinski definition) is 1. The van der Waals surface area contributed by atoms with Crippen LogP contribution in [0, 0.1) is 10.8 Å². The predicted octanol–water partition coefficient (Wildman–Crippen LogP) is 4.32. The molecule has 3 heteroatoms. The topological polar surface area (TPSA) is 32.3 Å². The molecule has 0 aromatic heterocycles. The first-order valence-corrected chi connectivity index (χ1v) is 8.99. The molecular weight excluding hydrogens is 260 g/mol. The van der Waals surface area contributed by atoms with Crippen molar-refractivity contribution in [1.82, 2.24) is 10.2 Å². The van der Waals surface area contributed by atoms with Gasteiger partial charge in [-0.05, 0) is 62.7 Å². The van der Waals surface area contributed by atoms with Gasteiger partial charge in [-0.3, -0.25) is 0 Å². The van der Waals surface area contributed by atoms with E-state index in [-0.39, 0.29) is 6.03 Å². The third-order valence-corrected chi connectivity index (χ3v) is 6.57. The molecule has 2 saturated carbocycles. The van der Waals surface area contributed by atoms with Gasteiger partial charge in [0.15, 0.2) is 0 Å². The van der Waals surface area contributed by atoms with Crippen molar-refractivity contribution in [1.29, 1.82) is 0 Å². The summed E-state index contributed by atoms with van der Waals surface area (Å²) >= 11 is 0. The summed E-state index contributed by atoms with van der Waals surface area (Å²) in [4.78, 5) is 14.9. The Morgan fingerprint density at radius 2 is 1.81 bits per heavy atom. The highest BCUT2D eigenvalue weighted by atomic mass is 16.2. The van der Waals surface area contributed by atoms with Crippen LogP contribution in [0.2, 0.25) is 0 Å². The smallest absolute Gasteiger partial charge is 0.317 e. The second-order valence-electron chi connectivity index (χ2n) is 8.60. The van der Waals surface area contributed by atoms with Gasteiger partial charge in [-0.1, -0.05) is 26.7 Å². The Morgan fingerprint density at radius 1 is 1.10 bits per heavy atom. The Balaban J connectivity index is 1.59. The molecule has 2 unspecified atom stereocenters. The highest BCUT2D eigenvalue weighted by Gasteiger charge is 2.47. The molecule has 120 valence electrons. The van der Waals surface area contributed by atoms with Crippen molar-refractivity contribution in [3.8, 4) is 0 Å². The van der Waals surface area contributed by atoms with Gasteiger partial charge in [-0.2, -0.15) is 0 Å².